The molecule has 0 saturated carbocycles. The van der Waals surface area contributed by atoms with Crippen molar-refractivity contribution in [1.29, 1.82) is 0 Å². The standard InChI is InChI=1S/C26H21NO2/c28-26(29-17-18-9-3-1-4-10-18)25-23-16-20(19-11-5-2-6-12-19)15-22(23)21-13-7-8-14-24(21)27-25/h1-14,20H,15-17H2/t20-/m1/s1. The molecule has 0 bridgehead atoms. The number of esters is 1. The largest absolute Gasteiger partial charge is 0.456 e. The molecular formula is C26H21NO2. The lowest BCUT2D eigenvalue weighted by Crippen LogP contribution is -2.11. The average Bonchev–Trinajstić information content (AvgIpc) is 3.24. The third-order valence-corrected chi connectivity index (χ3v) is 5.69. The van der Waals surface area contributed by atoms with Crippen LogP contribution in [0.25, 0.3) is 10.9 Å². The zero-order valence-corrected chi connectivity index (χ0v) is 16.0. The van der Waals surface area contributed by atoms with Gasteiger partial charge in [0.15, 0.2) is 5.69 Å². The normalized spacial score (nSPS) is 15.2. The fraction of sp³-hybridized carbons (Fsp3) is 0.154. The van der Waals surface area contributed by atoms with E-state index in [-0.39, 0.29) is 12.6 Å². The van der Waals surface area contributed by atoms with Crippen LogP contribution in [-0.2, 0) is 24.2 Å². The Balaban J connectivity index is 1.51. The number of nitrogens with zero attached hydrogens (tertiary/aromatic N) is 1. The van der Waals surface area contributed by atoms with Crippen molar-refractivity contribution in [3.8, 4) is 0 Å². The van der Waals surface area contributed by atoms with Crippen LogP contribution < -0.4 is 0 Å². The van der Waals surface area contributed by atoms with Gasteiger partial charge < -0.3 is 4.74 Å². The van der Waals surface area contributed by atoms with E-state index in [2.05, 4.69) is 30.3 Å². The molecule has 0 unspecified atom stereocenters. The maximum Gasteiger partial charge on any atom is 0.357 e. The summed E-state index contributed by atoms with van der Waals surface area (Å²) in [4.78, 5) is 17.7. The van der Waals surface area contributed by atoms with Gasteiger partial charge in [-0.2, -0.15) is 0 Å². The third-order valence-electron chi connectivity index (χ3n) is 5.69. The van der Waals surface area contributed by atoms with Gasteiger partial charge in [-0.05, 0) is 47.1 Å². The first-order valence-electron chi connectivity index (χ1n) is 9.96. The summed E-state index contributed by atoms with van der Waals surface area (Å²) in [5, 5.41) is 1.14. The molecule has 0 aliphatic heterocycles. The van der Waals surface area contributed by atoms with Crippen molar-refractivity contribution in [3.63, 3.8) is 0 Å². The molecule has 0 fully saturated rings. The fourth-order valence-electron chi connectivity index (χ4n) is 4.26. The molecule has 0 spiro atoms. The number of rotatable bonds is 4. The number of aromatic nitrogens is 1. The number of ether oxygens (including phenoxy) is 1. The summed E-state index contributed by atoms with van der Waals surface area (Å²) in [6.07, 6.45) is 1.73. The highest BCUT2D eigenvalue weighted by atomic mass is 16.5. The van der Waals surface area contributed by atoms with E-state index in [1.165, 1.54) is 11.1 Å². The highest BCUT2D eigenvalue weighted by molar-refractivity contribution is 5.95. The molecule has 1 aromatic heterocycles. The van der Waals surface area contributed by atoms with Gasteiger partial charge in [-0.1, -0.05) is 78.9 Å². The van der Waals surface area contributed by atoms with Crippen molar-refractivity contribution < 1.29 is 9.53 Å². The van der Waals surface area contributed by atoms with Crippen LogP contribution in [0.4, 0.5) is 0 Å². The maximum absolute atomic E-state index is 13.0. The van der Waals surface area contributed by atoms with Gasteiger partial charge in [0, 0.05) is 5.39 Å². The molecule has 4 aromatic rings. The summed E-state index contributed by atoms with van der Waals surface area (Å²) in [6, 6.07) is 28.3. The molecule has 0 radical (unpaired) electrons. The van der Waals surface area contributed by atoms with Gasteiger partial charge in [0.25, 0.3) is 0 Å². The van der Waals surface area contributed by atoms with Crippen LogP contribution in [-0.4, -0.2) is 11.0 Å². The van der Waals surface area contributed by atoms with Crippen molar-refractivity contribution in [2.45, 2.75) is 25.4 Å². The first kappa shape index (κ1) is 17.6. The van der Waals surface area contributed by atoms with Gasteiger partial charge in [0.05, 0.1) is 5.52 Å². The molecule has 5 rings (SSSR count). The van der Waals surface area contributed by atoms with Crippen LogP contribution in [0.2, 0.25) is 0 Å². The van der Waals surface area contributed by atoms with Crippen molar-refractivity contribution in [1.82, 2.24) is 4.98 Å². The van der Waals surface area contributed by atoms with Crippen LogP contribution in [0, 0.1) is 0 Å². The Labute approximate surface area is 170 Å². The van der Waals surface area contributed by atoms with E-state index in [9.17, 15) is 4.79 Å². The minimum Gasteiger partial charge on any atom is -0.456 e. The molecule has 0 N–H and O–H groups in total. The molecule has 142 valence electrons. The van der Waals surface area contributed by atoms with Crippen LogP contribution >= 0.6 is 0 Å². The Morgan fingerprint density at radius 1 is 0.828 bits per heavy atom. The van der Waals surface area contributed by atoms with Gasteiger partial charge in [0.2, 0.25) is 0 Å². The van der Waals surface area contributed by atoms with Gasteiger partial charge in [-0.15, -0.1) is 0 Å². The predicted octanol–water partition coefficient (Wildman–Crippen LogP) is 5.47. The van der Waals surface area contributed by atoms with Crippen LogP contribution in [0.15, 0.2) is 84.9 Å². The average molecular weight is 379 g/mol. The SMILES string of the molecule is O=C(OCc1ccccc1)c1nc2ccccc2c2c1C[C@H](c1ccccc1)C2. The van der Waals surface area contributed by atoms with E-state index in [4.69, 9.17) is 9.72 Å². The number of carbonyl (C=O) groups is 1. The molecule has 3 aromatic carbocycles. The van der Waals surface area contributed by atoms with Gasteiger partial charge in [-0.3, -0.25) is 0 Å². The minimum absolute atomic E-state index is 0.255. The highest BCUT2D eigenvalue weighted by Crippen LogP contribution is 2.39. The second-order valence-electron chi connectivity index (χ2n) is 7.51. The van der Waals surface area contributed by atoms with Crippen LogP contribution in [0.1, 0.15) is 38.7 Å². The fourth-order valence-corrected chi connectivity index (χ4v) is 4.26. The molecule has 0 amide bonds. The van der Waals surface area contributed by atoms with E-state index in [1.54, 1.807) is 0 Å². The quantitative estimate of drug-likeness (QED) is 0.441. The summed E-state index contributed by atoms with van der Waals surface area (Å²) < 4.78 is 5.63. The van der Waals surface area contributed by atoms with E-state index >= 15 is 0 Å². The Bertz CT molecular complexity index is 1170. The van der Waals surface area contributed by atoms with E-state index in [0.29, 0.717) is 11.6 Å². The second kappa shape index (κ2) is 7.51. The summed E-state index contributed by atoms with van der Waals surface area (Å²) >= 11 is 0. The van der Waals surface area contributed by atoms with Crippen molar-refractivity contribution in [2.24, 2.45) is 0 Å². The number of carbonyl (C=O) groups excluding carboxylic acids is 1. The smallest absolute Gasteiger partial charge is 0.357 e. The van der Waals surface area contributed by atoms with Crippen LogP contribution in [0.3, 0.4) is 0 Å². The van der Waals surface area contributed by atoms with Gasteiger partial charge in [0.1, 0.15) is 6.61 Å². The predicted molar refractivity (Wildman–Crippen MR) is 114 cm³/mol. The highest BCUT2D eigenvalue weighted by Gasteiger charge is 2.30. The monoisotopic (exact) mass is 379 g/mol. The van der Waals surface area contributed by atoms with Crippen molar-refractivity contribution in [2.75, 3.05) is 0 Å². The topological polar surface area (TPSA) is 39.2 Å². The Morgan fingerprint density at radius 3 is 2.28 bits per heavy atom. The molecule has 1 atom stereocenters. The minimum atomic E-state index is -0.343. The molecule has 3 heteroatoms. The Hall–Kier alpha value is -3.46. The number of fused-ring (bicyclic) bond motifs is 3. The van der Waals surface area contributed by atoms with Gasteiger partial charge in [-0.25, -0.2) is 9.78 Å². The van der Waals surface area contributed by atoms with Crippen molar-refractivity contribution >= 4 is 16.9 Å². The molecular weight excluding hydrogens is 358 g/mol. The zero-order valence-electron chi connectivity index (χ0n) is 16.0. The summed E-state index contributed by atoms with van der Waals surface area (Å²) in [6.45, 7) is 0.255. The van der Waals surface area contributed by atoms with E-state index < -0.39 is 0 Å². The van der Waals surface area contributed by atoms with E-state index in [1.807, 2.05) is 54.6 Å². The van der Waals surface area contributed by atoms with E-state index in [0.717, 1.165) is 34.9 Å². The lowest BCUT2D eigenvalue weighted by molar-refractivity contribution is 0.0465. The number of benzene rings is 3. The summed E-state index contributed by atoms with van der Waals surface area (Å²) in [5.74, 6) is 0.0176. The van der Waals surface area contributed by atoms with Crippen LogP contribution in [0.5, 0.6) is 0 Å². The molecule has 1 aliphatic carbocycles. The summed E-state index contributed by atoms with van der Waals surface area (Å²) in [7, 11) is 0. The lowest BCUT2D eigenvalue weighted by atomic mass is 9.96. The third kappa shape index (κ3) is 3.40. The lowest BCUT2D eigenvalue weighted by Gasteiger charge is -2.11. The number of pyridine rings is 1. The number of para-hydroxylation sites is 1. The summed E-state index contributed by atoms with van der Waals surface area (Å²) in [5.41, 5.74) is 5.86. The van der Waals surface area contributed by atoms with Crippen molar-refractivity contribution in [3.05, 3.63) is 113 Å². The molecule has 3 nitrogen and oxygen atoms in total. The Kier molecular flexibility index (Phi) is 4.57. The Morgan fingerprint density at radius 2 is 1.48 bits per heavy atom. The zero-order chi connectivity index (χ0) is 19.6. The maximum atomic E-state index is 13.0. The molecule has 1 heterocycles. The number of hydrogen-bond donors (Lipinski definition) is 0. The molecule has 0 saturated heterocycles. The number of hydrogen-bond acceptors (Lipinski definition) is 3. The first-order chi connectivity index (χ1) is 14.3. The molecule has 1 aliphatic rings. The second-order valence-corrected chi connectivity index (χ2v) is 7.51. The molecule has 29 heavy (non-hydrogen) atoms. The van der Waals surface area contributed by atoms with Gasteiger partial charge >= 0.3 is 5.97 Å². The first-order valence-corrected chi connectivity index (χ1v) is 9.96.